The fourth-order valence-electron chi connectivity index (χ4n) is 3.17. The molecule has 0 spiro atoms. The Bertz CT molecular complexity index is 956. The lowest BCUT2D eigenvalue weighted by Gasteiger charge is -2.20. The number of hydrogen-bond donors (Lipinski definition) is 1. The second-order valence-electron chi connectivity index (χ2n) is 6.63. The first kappa shape index (κ1) is 19.0. The maximum atomic E-state index is 12.1. The standard InChI is InChI=1S/C21H21ClN2O3S/c22-15-12-14(13-17-21(15)27-11-10-26-17)8-9-23-19(25)6-3-7-20-24-16-4-1-2-5-18(16)28-20/h1-2,4-5,12-13H,3,6-11H2,(H,23,25). The van der Waals surface area contributed by atoms with Crippen molar-refractivity contribution in [1.82, 2.24) is 10.3 Å². The lowest BCUT2D eigenvalue weighted by molar-refractivity contribution is -0.121. The number of rotatable bonds is 7. The third kappa shape index (κ3) is 4.56. The van der Waals surface area contributed by atoms with Crippen LogP contribution in [-0.2, 0) is 17.6 Å². The average molecular weight is 417 g/mol. The lowest BCUT2D eigenvalue weighted by atomic mass is 10.1. The first-order chi connectivity index (χ1) is 13.7. The van der Waals surface area contributed by atoms with Gasteiger partial charge in [0.2, 0.25) is 5.91 Å². The Labute approximate surface area is 172 Å². The fraction of sp³-hybridized carbons (Fsp3) is 0.333. The summed E-state index contributed by atoms with van der Waals surface area (Å²) in [7, 11) is 0. The van der Waals surface area contributed by atoms with Crippen molar-refractivity contribution in [3.63, 3.8) is 0 Å². The number of thiazole rings is 1. The molecule has 0 saturated heterocycles. The number of nitrogens with zero attached hydrogens (tertiary/aromatic N) is 1. The second-order valence-corrected chi connectivity index (χ2v) is 8.15. The molecule has 2 aromatic carbocycles. The first-order valence-electron chi connectivity index (χ1n) is 9.38. The summed E-state index contributed by atoms with van der Waals surface area (Å²) < 4.78 is 12.3. The van der Waals surface area contributed by atoms with Crippen molar-refractivity contribution in [2.24, 2.45) is 0 Å². The molecule has 2 heterocycles. The van der Waals surface area contributed by atoms with E-state index in [4.69, 9.17) is 21.1 Å². The van der Waals surface area contributed by atoms with E-state index < -0.39 is 0 Å². The molecular weight excluding hydrogens is 396 g/mol. The first-order valence-corrected chi connectivity index (χ1v) is 10.6. The Morgan fingerprint density at radius 3 is 2.93 bits per heavy atom. The number of hydrogen-bond acceptors (Lipinski definition) is 5. The van der Waals surface area contributed by atoms with Gasteiger partial charge in [-0.2, -0.15) is 0 Å². The van der Waals surface area contributed by atoms with Gasteiger partial charge in [0.15, 0.2) is 11.5 Å². The Kier molecular flexibility index (Phi) is 5.98. The SMILES string of the molecule is O=C(CCCc1nc2ccccc2s1)NCCc1cc(Cl)c2c(c1)OCCO2. The van der Waals surface area contributed by atoms with Crippen LogP contribution in [0.4, 0.5) is 0 Å². The zero-order valence-electron chi connectivity index (χ0n) is 15.4. The Morgan fingerprint density at radius 2 is 2.04 bits per heavy atom. The number of halogens is 1. The van der Waals surface area contributed by atoms with Crippen LogP contribution in [0.3, 0.4) is 0 Å². The van der Waals surface area contributed by atoms with Crippen LogP contribution in [0, 0.1) is 0 Å². The van der Waals surface area contributed by atoms with Gasteiger partial charge in [-0.05, 0) is 49.1 Å². The summed E-state index contributed by atoms with van der Waals surface area (Å²) in [6, 6.07) is 11.9. The highest BCUT2D eigenvalue weighted by molar-refractivity contribution is 7.18. The minimum atomic E-state index is 0.0600. The average Bonchev–Trinajstić information content (AvgIpc) is 3.11. The number of carbonyl (C=O) groups is 1. The highest BCUT2D eigenvalue weighted by atomic mass is 35.5. The van der Waals surface area contributed by atoms with Gasteiger partial charge < -0.3 is 14.8 Å². The molecule has 1 aliphatic heterocycles. The molecule has 146 valence electrons. The van der Waals surface area contributed by atoms with E-state index in [9.17, 15) is 4.79 Å². The quantitative estimate of drug-likeness (QED) is 0.620. The van der Waals surface area contributed by atoms with Crippen molar-refractivity contribution < 1.29 is 14.3 Å². The van der Waals surface area contributed by atoms with E-state index in [1.165, 1.54) is 4.70 Å². The van der Waals surface area contributed by atoms with Gasteiger partial charge in [0.05, 0.1) is 20.2 Å². The summed E-state index contributed by atoms with van der Waals surface area (Å²) in [6.07, 6.45) is 2.81. The molecular formula is C21H21ClN2O3S. The van der Waals surface area contributed by atoms with E-state index in [2.05, 4.69) is 16.4 Å². The van der Waals surface area contributed by atoms with Crippen LogP contribution in [0.15, 0.2) is 36.4 Å². The van der Waals surface area contributed by atoms with Gasteiger partial charge in [-0.25, -0.2) is 4.98 Å². The topological polar surface area (TPSA) is 60.5 Å². The summed E-state index contributed by atoms with van der Waals surface area (Å²) in [5, 5.41) is 4.61. The van der Waals surface area contributed by atoms with Crippen LogP contribution in [0.2, 0.25) is 5.02 Å². The van der Waals surface area contributed by atoms with Crippen LogP contribution in [-0.4, -0.2) is 30.6 Å². The van der Waals surface area contributed by atoms with Gasteiger partial charge in [-0.15, -0.1) is 11.3 Å². The smallest absolute Gasteiger partial charge is 0.220 e. The highest BCUT2D eigenvalue weighted by Crippen LogP contribution is 2.38. The summed E-state index contributed by atoms with van der Waals surface area (Å²) in [4.78, 5) is 16.7. The molecule has 0 radical (unpaired) electrons. The van der Waals surface area contributed by atoms with Crippen molar-refractivity contribution in [2.75, 3.05) is 19.8 Å². The summed E-state index contributed by atoms with van der Waals surface area (Å²) in [6.45, 7) is 1.60. The molecule has 0 fully saturated rings. The molecule has 0 saturated carbocycles. The summed E-state index contributed by atoms with van der Waals surface area (Å²) >= 11 is 7.95. The van der Waals surface area contributed by atoms with Crippen LogP contribution in [0.5, 0.6) is 11.5 Å². The maximum Gasteiger partial charge on any atom is 0.220 e. The Balaban J connectivity index is 1.21. The Hall–Kier alpha value is -2.31. The number of ether oxygens (including phenoxy) is 2. The normalized spacial score (nSPS) is 12.9. The van der Waals surface area contributed by atoms with Crippen molar-refractivity contribution in [3.8, 4) is 11.5 Å². The number of benzene rings is 2. The van der Waals surface area contributed by atoms with Gasteiger partial charge in [0, 0.05) is 13.0 Å². The van der Waals surface area contributed by atoms with Gasteiger partial charge in [-0.1, -0.05) is 23.7 Å². The van der Waals surface area contributed by atoms with Crippen molar-refractivity contribution in [3.05, 3.63) is 52.0 Å². The second kappa shape index (κ2) is 8.80. The molecule has 28 heavy (non-hydrogen) atoms. The molecule has 1 N–H and O–H groups in total. The molecule has 3 aromatic rings. The number of fused-ring (bicyclic) bond motifs is 2. The van der Waals surface area contributed by atoms with E-state index in [1.54, 1.807) is 11.3 Å². The van der Waals surface area contributed by atoms with Gasteiger partial charge in [0.25, 0.3) is 0 Å². The van der Waals surface area contributed by atoms with Crippen LogP contribution < -0.4 is 14.8 Å². The highest BCUT2D eigenvalue weighted by Gasteiger charge is 2.16. The summed E-state index contributed by atoms with van der Waals surface area (Å²) in [5.41, 5.74) is 2.05. The maximum absolute atomic E-state index is 12.1. The molecule has 0 aliphatic carbocycles. The summed E-state index contributed by atoms with van der Waals surface area (Å²) in [5.74, 6) is 1.34. The predicted octanol–water partition coefficient (Wildman–Crippen LogP) is 4.40. The number of nitrogens with one attached hydrogen (secondary N) is 1. The van der Waals surface area contributed by atoms with E-state index in [-0.39, 0.29) is 5.91 Å². The molecule has 1 amide bonds. The number of aromatic nitrogens is 1. The van der Waals surface area contributed by atoms with Crippen molar-refractivity contribution >= 4 is 39.1 Å². The van der Waals surface area contributed by atoms with Crippen LogP contribution >= 0.6 is 22.9 Å². The van der Waals surface area contributed by atoms with Gasteiger partial charge >= 0.3 is 0 Å². The fourth-order valence-corrected chi connectivity index (χ4v) is 4.47. The van der Waals surface area contributed by atoms with Gasteiger partial charge in [0.1, 0.15) is 13.2 Å². The van der Waals surface area contributed by atoms with Crippen molar-refractivity contribution in [1.29, 1.82) is 0 Å². The van der Waals surface area contributed by atoms with E-state index in [0.717, 1.165) is 28.9 Å². The molecule has 4 rings (SSSR count). The van der Waals surface area contributed by atoms with Crippen LogP contribution in [0.1, 0.15) is 23.4 Å². The minimum absolute atomic E-state index is 0.0600. The van der Waals surface area contributed by atoms with Crippen LogP contribution in [0.25, 0.3) is 10.2 Å². The van der Waals surface area contributed by atoms with E-state index in [1.807, 2.05) is 30.3 Å². The largest absolute Gasteiger partial charge is 0.486 e. The van der Waals surface area contributed by atoms with Crippen molar-refractivity contribution in [2.45, 2.75) is 25.7 Å². The number of aryl methyl sites for hydroxylation is 1. The molecule has 1 aliphatic rings. The molecule has 0 atom stereocenters. The number of para-hydroxylation sites is 1. The third-order valence-electron chi connectivity index (χ3n) is 4.53. The minimum Gasteiger partial charge on any atom is -0.486 e. The molecule has 0 bridgehead atoms. The van der Waals surface area contributed by atoms with Gasteiger partial charge in [-0.3, -0.25) is 4.79 Å². The molecule has 7 heteroatoms. The molecule has 5 nitrogen and oxygen atoms in total. The molecule has 0 unspecified atom stereocenters. The molecule has 1 aromatic heterocycles. The lowest BCUT2D eigenvalue weighted by Crippen LogP contribution is -2.25. The number of amides is 1. The number of carbonyl (C=O) groups excluding carboxylic acids is 1. The van der Waals surface area contributed by atoms with E-state index >= 15 is 0 Å². The monoisotopic (exact) mass is 416 g/mol. The zero-order valence-corrected chi connectivity index (χ0v) is 16.9. The van der Waals surface area contributed by atoms with E-state index in [0.29, 0.717) is 49.1 Å². The predicted molar refractivity (Wildman–Crippen MR) is 112 cm³/mol. The third-order valence-corrected chi connectivity index (χ3v) is 5.90. The zero-order chi connectivity index (χ0) is 19.3. The Morgan fingerprint density at radius 1 is 1.18 bits per heavy atom.